The third kappa shape index (κ3) is 2.91. The molecule has 0 N–H and O–H groups in total. The van der Waals surface area contributed by atoms with Crippen LogP contribution < -0.4 is 4.74 Å². The van der Waals surface area contributed by atoms with Gasteiger partial charge in [-0.3, -0.25) is 0 Å². The Morgan fingerprint density at radius 2 is 2.29 bits per heavy atom. The van der Waals surface area contributed by atoms with Gasteiger partial charge in [-0.05, 0) is 41.6 Å². The van der Waals surface area contributed by atoms with Gasteiger partial charge in [0.1, 0.15) is 9.45 Å². The van der Waals surface area contributed by atoms with E-state index in [2.05, 4.69) is 29.5 Å². The molecule has 0 fully saturated rings. The lowest BCUT2D eigenvalue weighted by atomic mass is 10.1. The van der Waals surface area contributed by atoms with Crippen LogP contribution in [0.2, 0.25) is 5.02 Å². The Morgan fingerprint density at radius 3 is 3.05 bits per heavy atom. The number of methoxy groups -OCH3 is 1. The number of fused-ring (bicyclic) bond motifs is 1. The van der Waals surface area contributed by atoms with E-state index in [4.69, 9.17) is 26.2 Å². The second-order valence-corrected chi connectivity index (χ2v) is 6.51. The summed E-state index contributed by atoms with van der Waals surface area (Å²) in [5, 5.41) is 5.30. The molecule has 3 rings (SSSR count). The van der Waals surface area contributed by atoms with Crippen molar-refractivity contribution in [3.63, 3.8) is 0 Å². The molecule has 1 aliphatic heterocycles. The van der Waals surface area contributed by atoms with Crippen LogP contribution in [0.3, 0.4) is 0 Å². The average Bonchev–Trinajstić information content (AvgIpc) is 2.65. The van der Waals surface area contributed by atoms with Gasteiger partial charge >= 0.3 is 0 Å². The number of ether oxygens (including phenoxy) is 2. The third-order valence-corrected chi connectivity index (χ3v) is 4.83. The summed E-state index contributed by atoms with van der Waals surface area (Å²) in [6.07, 6.45) is 1.96. The zero-order valence-electron chi connectivity index (χ0n) is 11.9. The standard InChI is InChI=1S/C15H16ClIN2O2/c1-9-7-13-11(5-6-21-9)15(17)18-19(13)10-3-4-12(16)14(8-10)20-2/h3-4,8-9H,5-7H2,1-2H3/t9-/m1/s1. The van der Waals surface area contributed by atoms with Gasteiger partial charge in [0.05, 0.1) is 36.2 Å². The SMILES string of the molecule is COc1cc(-n2nc(I)c3c2C[C@@H](C)OCC3)ccc1Cl. The number of nitrogens with zero attached hydrogens (tertiary/aromatic N) is 2. The van der Waals surface area contributed by atoms with Crippen LogP contribution >= 0.6 is 34.2 Å². The number of benzene rings is 1. The highest BCUT2D eigenvalue weighted by molar-refractivity contribution is 14.1. The van der Waals surface area contributed by atoms with Gasteiger partial charge in [-0.1, -0.05) is 11.6 Å². The van der Waals surface area contributed by atoms with Crippen LogP contribution in [-0.4, -0.2) is 29.6 Å². The summed E-state index contributed by atoms with van der Waals surface area (Å²) in [6, 6.07) is 5.72. The Kier molecular flexibility index (Phi) is 4.42. The molecule has 0 radical (unpaired) electrons. The molecule has 6 heteroatoms. The maximum atomic E-state index is 6.11. The molecule has 0 spiro atoms. The van der Waals surface area contributed by atoms with Gasteiger partial charge in [0, 0.05) is 24.5 Å². The quantitative estimate of drug-likeness (QED) is 0.699. The molecule has 0 saturated carbocycles. The largest absolute Gasteiger partial charge is 0.495 e. The van der Waals surface area contributed by atoms with Crippen molar-refractivity contribution in [2.45, 2.75) is 25.9 Å². The molecule has 1 aromatic carbocycles. The fraction of sp³-hybridized carbons (Fsp3) is 0.400. The predicted molar refractivity (Wildman–Crippen MR) is 90.7 cm³/mol. The average molecular weight is 419 g/mol. The van der Waals surface area contributed by atoms with E-state index < -0.39 is 0 Å². The normalized spacial score (nSPS) is 18.2. The highest BCUT2D eigenvalue weighted by Crippen LogP contribution is 2.30. The van der Waals surface area contributed by atoms with Crippen molar-refractivity contribution in [3.8, 4) is 11.4 Å². The highest BCUT2D eigenvalue weighted by Gasteiger charge is 2.23. The lowest BCUT2D eigenvalue weighted by molar-refractivity contribution is 0.0734. The number of hydrogen-bond acceptors (Lipinski definition) is 3. The van der Waals surface area contributed by atoms with Crippen molar-refractivity contribution in [2.75, 3.05) is 13.7 Å². The van der Waals surface area contributed by atoms with E-state index in [0.717, 1.165) is 28.8 Å². The van der Waals surface area contributed by atoms with Crippen LogP contribution in [-0.2, 0) is 17.6 Å². The van der Waals surface area contributed by atoms with Crippen molar-refractivity contribution in [3.05, 3.63) is 38.2 Å². The minimum atomic E-state index is 0.201. The van der Waals surface area contributed by atoms with E-state index in [1.807, 2.05) is 22.9 Å². The van der Waals surface area contributed by atoms with E-state index in [9.17, 15) is 0 Å². The Balaban J connectivity index is 2.11. The predicted octanol–water partition coefficient (Wildman–Crippen LogP) is 3.64. The first kappa shape index (κ1) is 15.1. The van der Waals surface area contributed by atoms with E-state index in [-0.39, 0.29) is 6.10 Å². The molecular weight excluding hydrogens is 403 g/mol. The minimum Gasteiger partial charge on any atom is -0.495 e. The first-order valence-electron chi connectivity index (χ1n) is 6.82. The van der Waals surface area contributed by atoms with Crippen molar-refractivity contribution in [1.82, 2.24) is 9.78 Å². The molecule has 112 valence electrons. The zero-order chi connectivity index (χ0) is 15.0. The Hall–Kier alpha value is -0.790. The van der Waals surface area contributed by atoms with Crippen LogP contribution in [0.1, 0.15) is 18.2 Å². The summed E-state index contributed by atoms with van der Waals surface area (Å²) in [7, 11) is 1.62. The van der Waals surface area contributed by atoms with Gasteiger partial charge in [-0.25, -0.2) is 4.68 Å². The molecule has 21 heavy (non-hydrogen) atoms. The summed E-state index contributed by atoms with van der Waals surface area (Å²) < 4.78 is 14.1. The number of rotatable bonds is 2. The Bertz CT molecular complexity index is 672. The monoisotopic (exact) mass is 418 g/mol. The molecule has 0 amide bonds. The fourth-order valence-corrected chi connectivity index (χ4v) is 3.59. The molecule has 0 bridgehead atoms. The summed E-state index contributed by atoms with van der Waals surface area (Å²) in [5.41, 5.74) is 3.46. The third-order valence-electron chi connectivity index (χ3n) is 3.66. The molecule has 1 aromatic heterocycles. The molecule has 0 saturated heterocycles. The van der Waals surface area contributed by atoms with E-state index >= 15 is 0 Å². The van der Waals surface area contributed by atoms with Crippen molar-refractivity contribution in [2.24, 2.45) is 0 Å². The second-order valence-electron chi connectivity index (χ2n) is 5.08. The smallest absolute Gasteiger partial charge is 0.139 e. The summed E-state index contributed by atoms with van der Waals surface area (Å²) in [4.78, 5) is 0. The molecular formula is C15H16ClIN2O2. The maximum absolute atomic E-state index is 6.11. The topological polar surface area (TPSA) is 36.3 Å². The molecule has 4 nitrogen and oxygen atoms in total. The number of aromatic nitrogens is 2. The van der Waals surface area contributed by atoms with Gasteiger partial charge in [-0.15, -0.1) is 0 Å². The van der Waals surface area contributed by atoms with Gasteiger partial charge in [0.2, 0.25) is 0 Å². The van der Waals surface area contributed by atoms with Crippen LogP contribution in [0.4, 0.5) is 0 Å². The molecule has 0 aliphatic carbocycles. The second kappa shape index (κ2) is 6.14. The lowest BCUT2D eigenvalue weighted by Gasteiger charge is -2.12. The molecule has 1 aliphatic rings. The summed E-state index contributed by atoms with van der Waals surface area (Å²) in [5.74, 6) is 0.659. The molecule has 0 unspecified atom stereocenters. The Labute approximate surface area is 142 Å². The van der Waals surface area contributed by atoms with Gasteiger partial charge in [0.25, 0.3) is 0 Å². The summed E-state index contributed by atoms with van der Waals surface area (Å²) >= 11 is 8.40. The molecule has 2 aromatic rings. The lowest BCUT2D eigenvalue weighted by Crippen LogP contribution is -2.13. The van der Waals surface area contributed by atoms with Crippen molar-refractivity contribution in [1.29, 1.82) is 0 Å². The first-order chi connectivity index (χ1) is 10.1. The Morgan fingerprint density at radius 1 is 1.48 bits per heavy atom. The fourth-order valence-electron chi connectivity index (χ4n) is 2.60. The number of hydrogen-bond donors (Lipinski definition) is 0. The maximum Gasteiger partial charge on any atom is 0.139 e. The van der Waals surface area contributed by atoms with Crippen molar-refractivity contribution < 1.29 is 9.47 Å². The van der Waals surface area contributed by atoms with E-state index in [0.29, 0.717) is 10.8 Å². The van der Waals surface area contributed by atoms with Crippen LogP contribution in [0, 0.1) is 3.70 Å². The molecule has 1 atom stereocenters. The van der Waals surface area contributed by atoms with E-state index in [1.54, 1.807) is 7.11 Å². The minimum absolute atomic E-state index is 0.201. The van der Waals surface area contributed by atoms with Gasteiger partial charge in [-0.2, -0.15) is 5.10 Å². The van der Waals surface area contributed by atoms with Crippen molar-refractivity contribution >= 4 is 34.2 Å². The van der Waals surface area contributed by atoms with Crippen LogP contribution in [0.5, 0.6) is 5.75 Å². The van der Waals surface area contributed by atoms with E-state index in [1.165, 1.54) is 11.3 Å². The van der Waals surface area contributed by atoms with Gasteiger partial charge < -0.3 is 9.47 Å². The highest BCUT2D eigenvalue weighted by atomic mass is 127. The molecule has 2 heterocycles. The summed E-state index contributed by atoms with van der Waals surface area (Å²) in [6.45, 7) is 2.85. The van der Waals surface area contributed by atoms with Gasteiger partial charge in [0.15, 0.2) is 0 Å². The first-order valence-corrected chi connectivity index (χ1v) is 8.27. The van der Waals surface area contributed by atoms with Crippen LogP contribution in [0.15, 0.2) is 18.2 Å². The van der Waals surface area contributed by atoms with Crippen LogP contribution in [0.25, 0.3) is 5.69 Å². The zero-order valence-corrected chi connectivity index (χ0v) is 14.8. The number of halogens is 2.